The van der Waals surface area contributed by atoms with E-state index in [-0.39, 0.29) is 12.3 Å². The van der Waals surface area contributed by atoms with E-state index in [2.05, 4.69) is 15.4 Å². The maximum Gasteiger partial charge on any atom is 0.361 e. The van der Waals surface area contributed by atoms with Crippen LogP contribution in [-0.4, -0.2) is 48.3 Å². The van der Waals surface area contributed by atoms with Crippen molar-refractivity contribution in [2.24, 2.45) is 0 Å². The third-order valence-electron chi connectivity index (χ3n) is 3.14. The van der Waals surface area contributed by atoms with Crippen molar-refractivity contribution >= 4 is 5.97 Å². The first-order valence-corrected chi connectivity index (χ1v) is 6.80. The Labute approximate surface area is 126 Å². The first-order valence-electron chi connectivity index (χ1n) is 6.80. The minimum atomic E-state index is -0.553. The van der Waals surface area contributed by atoms with Crippen molar-refractivity contribution < 1.29 is 23.7 Å². The first-order chi connectivity index (χ1) is 10.7. The van der Waals surface area contributed by atoms with Gasteiger partial charge in [-0.3, -0.25) is 0 Å². The number of H-pyrrole nitrogens is 1. The van der Waals surface area contributed by atoms with E-state index in [1.54, 1.807) is 19.1 Å². The third kappa shape index (κ3) is 2.43. The molecule has 1 N–H and O–H groups in total. The zero-order valence-corrected chi connectivity index (χ0v) is 12.2. The molecule has 0 atom stereocenters. The summed E-state index contributed by atoms with van der Waals surface area (Å²) in [5, 5.41) is 10.3. The number of carbonyl (C=O) groups excluding carboxylic acids is 1. The number of hydrogen-bond donors (Lipinski definition) is 1. The van der Waals surface area contributed by atoms with E-state index in [1.165, 1.54) is 7.11 Å². The zero-order chi connectivity index (χ0) is 15.5. The van der Waals surface area contributed by atoms with E-state index >= 15 is 0 Å². The van der Waals surface area contributed by atoms with Gasteiger partial charge in [0, 0.05) is 6.07 Å². The van der Waals surface area contributed by atoms with Gasteiger partial charge >= 0.3 is 5.97 Å². The highest BCUT2D eigenvalue weighted by Gasteiger charge is 2.24. The lowest BCUT2D eigenvalue weighted by molar-refractivity contribution is 0.0520. The Morgan fingerprint density at radius 3 is 2.68 bits per heavy atom. The monoisotopic (exact) mass is 305 g/mol. The van der Waals surface area contributed by atoms with Gasteiger partial charge in [0.2, 0.25) is 0 Å². The topological polar surface area (TPSA) is 95.6 Å². The van der Waals surface area contributed by atoms with Crippen LogP contribution in [0.4, 0.5) is 0 Å². The molecule has 0 bridgehead atoms. The van der Waals surface area contributed by atoms with Crippen molar-refractivity contribution in [3.8, 4) is 28.5 Å². The smallest absolute Gasteiger partial charge is 0.361 e. The summed E-state index contributed by atoms with van der Waals surface area (Å²) in [4.78, 5) is 11.9. The maximum absolute atomic E-state index is 11.9. The highest BCUT2D eigenvalue weighted by Crippen LogP contribution is 2.41. The van der Waals surface area contributed by atoms with E-state index in [0.29, 0.717) is 41.7 Å². The fraction of sp³-hybridized carbons (Fsp3) is 0.357. The van der Waals surface area contributed by atoms with Crippen molar-refractivity contribution in [3.63, 3.8) is 0 Å². The van der Waals surface area contributed by atoms with Gasteiger partial charge in [-0.05, 0) is 13.0 Å². The Kier molecular flexibility index (Phi) is 3.82. The second-order valence-electron chi connectivity index (χ2n) is 4.44. The van der Waals surface area contributed by atoms with Gasteiger partial charge in [-0.25, -0.2) is 4.79 Å². The Balaban J connectivity index is 2.08. The lowest BCUT2D eigenvalue weighted by Gasteiger charge is -2.20. The largest absolute Gasteiger partial charge is 0.496 e. The zero-order valence-electron chi connectivity index (χ0n) is 12.2. The van der Waals surface area contributed by atoms with E-state index in [9.17, 15) is 4.79 Å². The number of carbonyl (C=O) groups is 1. The molecule has 0 saturated heterocycles. The quantitative estimate of drug-likeness (QED) is 0.853. The second-order valence-corrected chi connectivity index (χ2v) is 4.44. The molecule has 0 aliphatic carbocycles. The molecule has 0 unspecified atom stereocenters. The SMILES string of the molecule is CCOC(=O)c1n[nH]nc1-c1cc2c(cc1OC)OCCO2. The van der Waals surface area contributed by atoms with Crippen LogP contribution < -0.4 is 14.2 Å². The lowest BCUT2D eigenvalue weighted by Crippen LogP contribution is -2.15. The minimum absolute atomic E-state index is 0.0943. The predicted molar refractivity (Wildman–Crippen MR) is 75.3 cm³/mol. The highest BCUT2D eigenvalue weighted by molar-refractivity contribution is 5.95. The molecule has 2 aromatic rings. The second kappa shape index (κ2) is 5.92. The Morgan fingerprint density at radius 1 is 1.27 bits per heavy atom. The van der Waals surface area contributed by atoms with Crippen LogP contribution in [0.15, 0.2) is 12.1 Å². The molecule has 1 aromatic heterocycles. The summed E-state index contributed by atoms with van der Waals surface area (Å²) in [5.41, 5.74) is 1.01. The molecule has 1 aliphatic heterocycles. The molecular formula is C14H15N3O5. The maximum atomic E-state index is 11.9. The number of aromatic amines is 1. The number of nitrogens with one attached hydrogen (secondary N) is 1. The number of benzene rings is 1. The van der Waals surface area contributed by atoms with Gasteiger partial charge in [-0.2, -0.15) is 10.3 Å². The molecule has 3 rings (SSSR count). The summed E-state index contributed by atoms with van der Waals surface area (Å²) in [5.74, 6) is 1.11. The summed E-state index contributed by atoms with van der Waals surface area (Å²) < 4.78 is 21.4. The van der Waals surface area contributed by atoms with Gasteiger partial charge in [0.05, 0.1) is 19.3 Å². The molecule has 0 spiro atoms. The van der Waals surface area contributed by atoms with Gasteiger partial charge in [-0.15, -0.1) is 5.10 Å². The molecular weight excluding hydrogens is 290 g/mol. The molecule has 8 nitrogen and oxygen atoms in total. The van der Waals surface area contributed by atoms with E-state index in [1.807, 2.05) is 0 Å². The molecule has 0 fully saturated rings. The molecule has 116 valence electrons. The van der Waals surface area contributed by atoms with E-state index in [0.717, 1.165) is 0 Å². The van der Waals surface area contributed by atoms with Crippen LogP contribution >= 0.6 is 0 Å². The average molecular weight is 305 g/mol. The standard InChI is InChI=1S/C14H15N3O5/c1-3-20-14(18)13-12(15-17-16-13)8-6-10-11(7-9(8)19-2)22-5-4-21-10/h6-7H,3-5H2,1-2H3,(H,15,16,17). The summed E-state index contributed by atoms with van der Waals surface area (Å²) in [7, 11) is 1.53. The summed E-state index contributed by atoms with van der Waals surface area (Å²) in [6.07, 6.45) is 0. The number of nitrogens with zero attached hydrogens (tertiary/aromatic N) is 2. The van der Waals surface area contributed by atoms with Crippen molar-refractivity contribution in [2.45, 2.75) is 6.92 Å². The number of hydrogen-bond acceptors (Lipinski definition) is 7. The van der Waals surface area contributed by atoms with Gasteiger partial charge in [-0.1, -0.05) is 0 Å². The van der Waals surface area contributed by atoms with Crippen molar-refractivity contribution in [1.82, 2.24) is 15.4 Å². The summed E-state index contributed by atoms with van der Waals surface area (Å²) >= 11 is 0. The molecule has 22 heavy (non-hydrogen) atoms. The average Bonchev–Trinajstić information content (AvgIpc) is 3.03. The van der Waals surface area contributed by atoms with Gasteiger partial charge in [0.25, 0.3) is 0 Å². The van der Waals surface area contributed by atoms with Crippen LogP contribution in [-0.2, 0) is 4.74 Å². The number of methoxy groups -OCH3 is 1. The highest BCUT2D eigenvalue weighted by atomic mass is 16.6. The predicted octanol–water partition coefficient (Wildman–Crippen LogP) is 1.43. The Morgan fingerprint density at radius 2 is 2.00 bits per heavy atom. The number of ether oxygens (including phenoxy) is 4. The molecule has 1 aromatic carbocycles. The Bertz CT molecular complexity index is 698. The fourth-order valence-electron chi connectivity index (χ4n) is 2.18. The molecule has 2 heterocycles. The molecule has 0 amide bonds. The number of fused-ring (bicyclic) bond motifs is 1. The number of esters is 1. The van der Waals surface area contributed by atoms with Crippen LogP contribution in [0.2, 0.25) is 0 Å². The van der Waals surface area contributed by atoms with Crippen LogP contribution in [0, 0.1) is 0 Å². The number of rotatable bonds is 4. The molecule has 0 saturated carbocycles. The van der Waals surface area contributed by atoms with E-state index in [4.69, 9.17) is 18.9 Å². The molecule has 0 radical (unpaired) electrons. The number of aromatic nitrogens is 3. The van der Waals surface area contributed by atoms with Gasteiger partial charge in [0.1, 0.15) is 24.7 Å². The van der Waals surface area contributed by atoms with Crippen molar-refractivity contribution in [2.75, 3.05) is 26.9 Å². The van der Waals surface area contributed by atoms with Crippen LogP contribution in [0.3, 0.4) is 0 Å². The van der Waals surface area contributed by atoms with Gasteiger partial charge in [0.15, 0.2) is 17.2 Å². The van der Waals surface area contributed by atoms with Crippen LogP contribution in [0.5, 0.6) is 17.2 Å². The summed E-state index contributed by atoms with van der Waals surface area (Å²) in [6, 6.07) is 3.42. The van der Waals surface area contributed by atoms with Gasteiger partial charge < -0.3 is 18.9 Å². The third-order valence-corrected chi connectivity index (χ3v) is 3.14. The minimum Gasteiger partial charge on any atom is -0.496 e. The lowest BCUT2D eigenvalue weighted by atomic mass is 10.1. The van der Waals surface area contributed by atoms with E-state index < -0.39 is 5.97 Å². The molecule has 1 aliphatic rings. The van der Waals surface area contributed by atoms with Crippen molar-refractivity contribution in [3.05, 3.63) is 17.8 Å². The first kappa shape index (κ1) is 14.2. The van der Waals surface area contributed by atoms with Crippen LogP contribution in [0.1, 0.15) is 17.4 Å². The normalized spacial score (nSPS) is 12.8. The van der Waals surface area contributed by atoms with Crippen LogP contribution in [0.25, 0.3) is 11.3 Å². The summed E-state index contributed by atoms with van der Waals surface area (Å²) in [6.45, 7) is 2.92. The fourth-order valence-corrected chi connectivity index (χ4v) is 2.18. The Hall–Kier alpha value is -2.77. The van der Waals surface area contributed by atoms with Crippen molar-refractivity contribution in [1.29, 1.82) is 0 Å². The molecule has 8 heteroatoms.